The van der Waals surface area contributed by atoms with E-state index in [0.29, 0.717) is 13.0 Å². The van der Waals surface area contributed by atoms with Gasteiger partial charge in [-0.2, -0.15) is 0 Å². The van der Waals surface area contributed by atoms with Gasteiger partial charge in [0, 0.05) is 19.7 Å². The van der Waals surface area contributed by atoms with E-state index in [2.05, 4.69) is 10.3 Å². The van der Waals surface area contributed by atoms with Crippen molar-refractivity contribution in [1.29, 1.82) is 0 Å². The van der Waals surface area contributed by atoms with Gasteiger partial charge in [0.05, 0.1) is 6.20 Å². The second kappa shape index (κ2) is 4.45. The molecule has 0 bridgehead atoms. The molecular formula is C9H12N2O2. The molecule has 0 aliphatic carbocycles. The number of nitrogens with zero attached hydrogens (tertiary/aromatic N) is 1. The van der Waals surface area contributed by atoms with Gasteiger partial charge >= 0.3 is 0 Å². The van der Waals surface area contributed by atoms with Crippen molar-refractivity contribution < 1.29 is 9.90 Å². The molecule has 0 spiro atoms. The van der Waals surface area contributed by atoms with Crippen LogP contribution in [0, 0.1) is 0 Å². The lowest BCUT2D eigenvalue weighted by molar-refractivity contribution is -0.118. The van der Waals surface area contributed by atoms with Gasteiger partial charge in [0.15, 0.2) is 0 Å². The van der Waals surface area contributed by atoms with Crippen LogP contribution in [0.1, 0.15) is 12.5 Å². The van der Waals surface area contributed by atoms with Gasteiger partial charge in [0.25, 0.3) is 0 Å². The molecule has 0 aliphatic heterocycles. The second-order valence-corrected chi connectivity index (χ2v) is 2.78. The molecule has 1 amide bonds. The van der Waals surface area contributed by atoms with Crippen molar-refractivity contribution >= 4 is 5.91 Å². The molecule has 0 saturated heterocycles. The fourth-order valence-electron chi connectivity index (χ4n) is 0.993. The van der Waals surface area contributed by atoms with Crippen molar-refractivity contribution in [3.63, 3.8) is 0 Å². The van der Waals surface area contributed by atoms with Crippen molar-refractivity contribution in [2.45, 2.75) is 13.3 Å². The zero-order valence-electron chi connectivity index (χ0n) is 7.45. The zero-order valence-corrected chi connectivity index (χ0v) is 7.45. The molecule has 0 unspecified atom stereocenters. The predicted octanol–water partition coefficient (Wildman–Crippen LogP) is 0.466. The van der Waals surface area contributed by atoms with E-state index in [1.165, 1.54) is 13.1 Å². The van der Waals surface area contributed by atoms with Crippen LogP contribution in [0.2, 0.25) is 0 Å². The fourth-order valence-corrected chi connectivity index (χ4v) is 0.993. The number of aromatic nitrogens is 1. The Morgan fingerprint density at radius 3 is 3.00 bits per heavy atom. The van der Waals surface area contributed by atoms with Gasteiger partial charge in [-0.25, -0.2) is 0 Å². The first kappa shape index (κ1) is 9.51. The summed E-state index contributed by atoms with van der Waals surface area (Å²) in [5.74, 6) is 0.105. The van der Waals surface area contributed by atoms with Crippen molar-refractivity contribution in [2.75, 3.05) is 6.54 Å². The van der Waals surface area contributed by atoms with Crippen LogP contribution in [0.15, 0.2) is 18.5 Å². The quantitative estimate of drug-likeness (QED) is 0.710. The molecule has 1 aromatic rings. The fraction of sp³-hybridized carbons (Fsp3) is 0.333. The van der Waals surface area contributed by atoms with Crippen LogP contribution >= 0.6 is 0 Å². The third-order valence-corrected chi connectivity index (χ3v) is 1.57. The molecule has 2 N–H and O–H groups in total. The molecule has 4 nitrogen and oxygen atoms in total. The first-order valence-corrected chi connectivity index (χ1v) is 4.06. The molecule has 0 aromatic carbocycles. The largest absolute Gasteiger partial charge is 0.506 e. The van der Waals surface area contributed by atoms with Crippen LogP contribution in [-0.2, 0) is 11.2 Å². The summed E-state index contributed by atoms with van der Waals surface area (Å²) in [6.45, 7) is 2.04. The lowest BCUT2D eigenvalue weighted by Gasteiger charge is -2.01. The van der Waals surface area contributed by atoms with E-state index in [4.69, 9.17) is 5.11 Å². The number of rotatable bonds is 3. The minimum atomic E-state index is -0.0480. The van der Waals surface area contributed by atoms with E-state index >= 15 is 0 Å². The third kappa shape index (κ3) is 3.55. The Balaban J connectivity index is 2.41. The molecule has 0 saturated carbocycles. The monoisotopic (exact) mass is 180 g/mol. The molecule has 4 heteroatoms. The zero-order chi connectivity index (χ0) is 9.68. The first-order chi connectivity index (χ1) is 6.18. The summed E-state index contributed by atoms with van der Waals surface area (Å²) >= 11 is 0. The highest BCUT2D eigenvalue weighted by Gasteiger charge is 1.96. The number of hydrogen-bond donors (Lipinski definition) is 2. The highest BCUT2D eigenvalue weighted by atomic mass is 16.3. The molecule has 1 rings (SSSR count). The van der Waals surface area contributed by atoms with Gasteiger partial charge < -0.3 is 10.4 Å². The van der Waals surface area contributed by atoms with Gasteiger partial charge in [-0.15, -0.1) is 0 Å². The van der Waals surface area contributed by atoms with Crippen LogP contribution in [0.25, 0.3) is 0 Å². The first-order valence-electron chi connectivity index (χ1n) is 4.06. The molecule has 1 aromatic heterocycles. The SMILES string of the molecule is CC(=O)NCCc1cncc(O)c1. The van der Waals surface area contributed by atoms with Crippen LogP contribution in [0.3, 0.4) is 0 Å². The Labute approximate surface area is 76.6 Å². The molecule has 0 radical (unpaired) electrons. The molecule has 13 heavy (non-hydrogen) atoms. The minimum absolute atomic E-state index is 0.0480. The normalized spacial score (nSPS) is 9.62. The maximum Gasteiger partial charge on any atom is 0.216 e. The standard InChI is InChI=1S/C9H12N2O2/c1-7(12)11-3-2-8-4-9(13)6-10-5-8/h4-6,13H,2-3H2,1H3,(H,11,12). The number of aromatic hydroxyl groups is 1. The van der Waals surface area contributed by atoms with Gasteiger partial charge in [0.1, 0.15) is 5.75 Å². The van der Waals surface area contributed by atoms with E-state index in [-0.39, 0.29) is 11.7 Å². The Bertz CT molecular complexity index is 299. The highest BCUT2D eigenvalue weighted by molar-refractivity contribution is 5.72. The molecule has 0 atom stereocenters. The predicted molar refractivity (Wildman–Crippen MR) is 48.3 cm³/mol. The van der Waals surface area contributed by atoms with E-state index in [9.17, 15) is 4.79 Å². The van der Waals surface area contributed by atoms with Gasteiger partial charge in [-0.05, 0) is 18.1 Å². The summed E-state index contributed by atoms with van der Waals surface area (Å²) in [6.07, 6.45) is 3.73. The van der Waals surface area contributed by atoms with E-state index in [1.807, 2.05) is 0 Å². The van der Waals surface area contributed by atoms with Gasteiger partial charge in [-0.3, -0.25) is 9.78 Å². The molecule has 1 heterocycles. The summed E-state index contributed by atoms with van der Waals surface area (Å²) in [7, 11) is 0. The molecular weight excluding hydrogens is 168 g/mol. The highest BCUT2D eigenvalue weighted by Crippen LogP contribution is 2.08. The molecule has 70 valence electrons. The summed E-state index contributed by atoms with van der Waals surface area (Å²) in [5, 5.41) is 11.7. The number of carbonyl (C=O) groups excluding carboxylic acids is 1. The topological polar surface area (TPSA) is 62.2 Å². The Morgan fingerprint density at radius 1 is 1.62 bits per heavy atom. The van der Waals surface area contributed by atoms with Crippen molar-refractivity contribution in [2.24, 2.45) is 0 Å². The average Bonchev–Trinajstić information content (AvgIpc) is 2.03. The molecule has 0 fully saturated rings. The number of pyridine rings is 1. The lowest BCUT2D eigenvalue weighted by Crippen LogP contribution is -2.22. The van der Waals surface area contributed by atoms with E-state index in [1.54, 1.807) is 12.3 Å². The van der Waals surface area contributed by atoms with Crippen LogP contribution in [-0.4, -0.2) is 22.5 Å². The maximum atomic E-state index is 10.5. The third-order valence-electron chi connectivity index (χ3n) is 1.57. The number of carbonyl (C=O) groups is 1. The Hall–Kier alpha value is -1.58. The Morgan fingerprint density at radius 2 is 2.38 bits per heavy atom. The number of hydrogen-bond acceptors (Lipinski definition) is 3. The minimum Gasteiger partial charge on any atom is -0.506 e. The summed E-state index contributed by atoms with van der Waals surface area (Å²) < 4.78 is 0. The lowest BCUT2D eigenvalue weighted by atomic mass is 10.2. The maximum absolute atomic E-state index is 10.5. The summed E-state index contributed by atoms with van der Waals surface area (Å²) in [4.78, 5) is 14.3. The van der Waals surface area contributed by atoms with E-state index < -0.39 is 0 Å². The van der Waals surface area contributed by atoms with Gasteiger partial charge in [0.2, 0.25) is 5.91 Å². The van der Waals surface area contributed by atoms with Crippen molar-refractivity contribution in [1.82, 2.24) is 10.3 Å². The van der Waals surface area contributed by atoms with Crippen LogP contribution in [0.5, 0.6) is 5.75 Å². The molecule has 0 aliphatic rings. The number of amides is 1. The van der Waals surface area contributed by atoms with Crippen molar-refractivity contribution in [3.05, 3.63) is 24.0 Å². The van der Waals surface area contributed by atoms with Crippen LogP contribution in [0.4, 0.5) is 0 Å². The van der Waals surface area contributed by atoms with Crippen molar-refractivity contribution in [3.8, 4) is 5.75 Å². The Kier molecular flexibility index (Phi) is 3.25. The van der Waals surface area contributed by atoms with Crippen LogP contribution < -0.4 is 5.32 Å². The second-order valence-electron chi connectivity index (χ2n) is 2.78. The summed E-state index contributed by atoms with van der Waals surface area (Å²) in [6, 6.07) is 1.63. The van der Waals surface area contributed by atoms with E-state index in [0.717, 1.165) is 5.56 Å². The number of nitrogens with one attached hydrogen (secondary N) is 1. The average molecular weight is 180 g/mol. The smallest absolute Gasteiger partial charge is 0.216 e. The summed E-state index contributed by atoms with van der Waals surface area (Å²) in [5.41, 5.74) is 0.911. The van der Waals surface area contributed by atoms with Gasteiger partial charge in [-0.1, -0.05) is 0 Å².